The lowest BCUT2D eigenvalue weighted by molar-refractivity contribution is 0.429. The molecule has 234 valence electrons. The highest BCUT2D eigenvalue weighted by Crippen LogP contribution is 2.39. The molecular weight excluding hydrogens is 587 g/mol. The van der Waals surface area contributed by atoms with Gasteiger partial charge in [-0.1, -0.05) is 140 Å². The fourth-order valence-corrected chi connectivity index (χ4v) is 8.40. The van der Waals surface area contributed by atoms with Crippen LogP contribution in [0.15, 0.2) is 157 Å². The molecule has 0 spiro atoms. The lowest BCUT2D eigenvalue weighted by Gasteiger charge is -2.32. The number of benzene rings is 5. The van der Waals surface area contributed by atoms with Gasteiger partial charge in [0.15, 0.2) is 14.6 Å². The van der Waals surface area contributed by atoms with E-state index in [-0.39, 0.29) is 29.6 Å². The number of sulfone groups is 1. The summed E-state index contributed by atoms with van der Waals surface area (Å²) in [6, 6.07) is 49.8. The highest BCUT2D eigenvalue weighted by Gasteiger charge is 2.46. The molecule has 0 aliphatic rings. The molecule has 0 radical (unpaired) electrons. The van der Waals surface area contributed by atoms with E-state index in [1.54, 1.807) is 30.3 Å². The first-order valence-corrected chi connectivity index (χ1v) is 17.3. The molecule has 5 rings (SSSR count). The SMILES string of the molecule is N#CC(CC[C@H](N)C(c1ccccc1)c1ccccc1)(CC[C@H](N)C(c1ccccc1)c1ccccc1)S(=O)(=O)c1ccccc1. The van der Waals surface area contributed by atoms with Crippen molar-refractivity contribution < 1.29 is 8.42 Å². The van der Waals surface area contributed by atoms with Crippen LogP contribution in [0.25, 0.3) is 0 Å². The van der Waals surface area contributed by atoms with Crippen molar-refractivity contribution in [2.75, 3.05) is 0 Å². The quantitative estimate of drug-likeness (QED) is 0.132. The normalized spacial score (nSPS) is 13.3. The van der Waals surface area contributed by atoms with E-state index in [0.717, 1.165) is 22.3 Å². The second-order valence-electron chi connectivity index (χ2n) is 11.9. The highest BCUT2D eigenvalue weighted by molar-refractivity contribution is 7.93. The molecule has 0 fully saturated rings. The summed E-state index contributed by atoms with van der Waals surface area (Å²) in [6.07, 6.45) is 0.798. The molecule has 6 heteroatoms. The molecule has 0 amide bonds. The second-order valence-corrected chi connectivity index (χ2v) is 14.2. The molecular formula is C40H41N3O2S. The topological polar surface area (TPSA) is 110 Å². The Morgan fingerprint density at radius 1 is 0.522 bits per heavy atom. The van der Waals surface area contributed by atoms with Gasteiger partial charge < -0.3 is 11.5 Å². The van der Waals surface area contributed by atoms with Crippen molar-refractivity contribution in [3.05, 3.63) is 174 Å². The van der Waals surface area contributed by atoms with E-state index in [1.165, 1.54) is 0 Å². The lowest BCUT2D eigenvalue weighted by Crippen LogP contribution is -2.42. The third-order valence-electron chi connectivity index (χ3n) is 9.03. The summed E-state index contributed by atoms with van der Waals surface area (Å²) in [6.45, 7) is 0. The Bertz CT molecular complexity index is 1620. The molecule has 0 aromatic heterocycles. The fraction of sp³-hybridized carbons (Fsp3) is 0.225. The standard InChI is InChI=1S/C40H41N3O2S/c41-30-40(46(44,45)35-24-14-5-15-25-35,28-26-36(42)38(31-16-6-1-7-17-31)32-18-8-2-9-19-32)29-27-37(43)39(33-20-10-3-11-21-33)34-22-12-4-13-23-34/h1-25,36-39H,26-29,42-43H2/t36-,37-/m0/s1. The summed E-state index contributed by atoms with van der Waals surface area (Å²) in [7, 11) is -4.09. The number of nitriles is 1. The third kappa shape index (κ3) is 7.29. The first-order valence-electron chi connectivity index (χ1n) is 15.8. The maximum absolute atomic E-state index is 14.4. The molecule has 0 saturated heterocycles. The summed E-state index contributed by atoms with van der Waals surface area (Å²) in [5, 5.41) is 10.8. The molecule has 0 saturated carbocycles. The summed E-state index contributed by atoms with van der Waals surface area (Å²) < 4.78 is 27.1. The van der Waals surface area contributed by atoms with Crippen LogP contribution in [0, 0.1) is 11.3 Å². The van der Waals surface area contributed by atoms with Crippen LogP contribution in [0.3, 0.4) is 0 Å². The van der Waals surface area contributed by atoms with Crippen molar-refractivity contribution in [2.45, 2.75) is 59.2 Å². The van der Waals surface area contributed by atoms with E-state index in [4.69, 9.17) is 11.5 Å². The molecule has 46 heavy (non-hydrogen) atoms. The van der Waals surface area contributed by atoms with E-state index in [9.17, 15) is 13.7 Å². The number of nitrogens with two attached hydrogens (primary N) is 2. The van der Waals surface area contributed by atoms with Gasteiger partial charge in [0.25, 0.3) is 0 Å². The molecule has 0 bridgehead atoms. The van der Waals surface area contributed by atoms with E-state index in [2.05, 4.69) is 6.07 Å². The molecule has 4 N–H and O–H groups in total. The van der Waals surface area contributed by atoms with Crippen LogP contribution in [0.5, 0.6) is 0 Å². The predicted octanol–water partition coefficient (Wildman–Crippen LogP) is 7.60. The monoisotopic (exact) mass is 627 g/mol. The summed E-state index contributed by atoms with van der Waals surface area (Å²) in [5.74, 6) is -0.331. The van der Waals surface area contributed by atoms with Crippen molar-refractivity contribution in [1.82, 2.24) is 0 Å². The average Bonchev–Trinajstić information content (AvgIpc) is 3.11. The Morgan fingerprint density at radius 2 is 0.804 bits per heavy atom. The Hall–Kier alpha value is -4.54. The van der Waals surface area contributed by atoms with Gasteiger partial charge in [0.2, 0.25) is 0 Å². The molecule has 5 aromatic rings. The molecule has 5 aromatic carbocycles. The van der Waals surface area contributed by atoms with E-state index in [0.29, 0.717) is 12.8 Å². The second kappa shape index (κ2) is 15.2. The van der Waals surface area contributed by atoms with Crippen molar-refractivity contribution in [3.8, 4) is 6.07 Å². The van der Waals surface area contributed by atoms with Crippen LogP contribution in [0.2, 0.25) is 0 Å². The number of rotatable bonds is 14. The number of hydrogen-bond acceptors (Lipinski definition) is 5. The van der Waals surface area contributed by atoms with Crippen molar-refractivity contribution in [3.63, 3.8) is 0 Å². The zero-order valence-corrected chi connectivity index (χ0v) is 26.7. The van der Waals surface area contributed by atoms with E-state index >= 15 is 0 Å². The Balaban J connectivity index is 1.48. The van der Waals surface area contributed by atoms with Crippen LogP contribution in [0.4, 0.5) is 0 Å². The van der Waals surface area contributed by atoms with Gasteiger partial charge in [-0.15, -0.1) is 0 Å². The van der Waals surface area contributed by atoms with Crippen LogP contribution in [0.1, 0.15) is 59.8 Å². The van der Waals surface area contributed by atoms with Gasteiger partial charge >= 0.3 is 0 Å². The highest BCUT2D eigenvalue weighted by atomic mass is 32.2. The Labute approximate surface area is 273 Å². The fourth-order valence-electron chi connectivity index (χ4n) is 6.54. The minimum atomic E-state index is -4.09. The maximum Gasteiger partial charge on any atom is 0.197 e. The van der Waals surface area contributed by atoms with E-state index in [1.807, 2.05) is 121 Å². The zero-order valence-electron chi connectivity index (χ0n) is 25.9. The van der Waals surface area contributed by atoms with Gasteiger partial charge in [-0.3, -0.25) is 0 Å². The van der Waals surface area contributed by atoms with Crippen molar-refractivity contribution in [2.24, 2.45) is 11.5 Å². The minimum absolute atomic E-state index is 0.0755. The van der Waals surface area contributed by atoms with Crippen molar-refractivity contribution in [1.29, 1.82) is 5.26 Å². The summed E-state index contributed by atoms with van der Waals surface area (Å²) in [5.41, 5.74) is 18.1. The van der Waals surface area contributed by atoms with Crippen molar-refractivity contribution >= 4 is 9.84 Å². The molecule has 0 aliphatic carbocycles. The maximum atomic E-state index is 14.4. The molecule has 0 unspecified atom stereocenters. The first-order chi connectivity index (χ1) is 22.4. The lowest BCUT2D eigenvalue weighted by atomic mass is 9.80. The van der Waals surface area contributed by atoms with Gasteiger partial charge in [0.05, 0.1) is 11.0 Å². The smallest absolute Gasteiger partial charge is 0.197 e. The minimum Gasteiger partial charge on any atom is -0.327 e. The van der Waals surface area contributed by atoms with Crippen LogP contribution < -0.4 is 11.5 Å². The number of nitrogens with zero attached hydrogens (tertiary/aromatic N) is 1. The molecule has 2 atom stereocenters. The Kier molecular flexibility index (Phi) is 10.8. The first kappa shape index (κ1) is 32.8. The van der Waals surface area contributed by atoms with E-state index < -0.39 is 26.7 Å². The predicted molar refractivity (Wildman–Crippen MR) is 186 cm³/mol. The molecule has 0 aliphatic heterocycles. The third-order valence-corrected chi connectivity index (χ3v) is 11.4. The van der Waals surface area contributed by atoms with Crippen LogP contribution in [-0.2, 0) is 9.84 Å². The molecule has 0 heterocycles. The largest absolute Gasteiger partial charge is 0.327 e. The van der Waals surface area contributed by atoms with Gasteiger partial charge in [0, 0.05) is 23.9 Å². The Morgan fingerprint density at radius 3 is 1.09 bits per heavy atom. The zero-order chi connectivity index (χ0) is 32.4. The van der Waals surface area contributed by atoms with Gasteiger partial charge in [-0.05, 0) is 60.1 Å². The number of hydrogen-bond donors (Lipinski definition) is 2. The van der Waals surface area contributed by atoms with Crippen LogP contribution in [-0.4, -0.2) is 25.2 Å². The van der Waals surface area contributed by atoms with Crippen LogP contribution >= 0.6 is 0 Å². The summed E-state index contributed by atoms with van der Waals surface area (Å²) >= 11 is 0. The average molecular weight is 628 g/mol. The van der Waals surface area contributed by atoms with Gasteiger partial charge in [-0.2, -0.15) is 5.26 Å². The van der Waals surface area contributed by atoms with Gasteiger partial charge in [-0.25, -0.2) is 8.42 Å². The van der Waals surface area contributed by atoms with Gasteiger partial charge in [0.1, 0.15) is 0 Å². The summed E-state index contributed by atoms with van der Waals surface area (Å²) in [4.78, 5) is 0.129. The molecule has 5 nitrogen and oxygen atoms in total.